The van der Waals surface area contributed by atoms with Crippen LogP contribution in [0.4, 0.5) is 11.4 Å². The Morgan fingerprint density at radius 3 is 2.74 bits per heavy atom. The standard InChI is InChI=1S/C15H22N2O2/c1-4-19-14(18)12-9-11(7-8-13(12)16)17-15(2,3)10-5-6-10/h7-10,17H,4-6,16H2,1-3H3. The summed E-state index contributed by atoms with van der Waals surface area (Å²) in [5.41, 5.74) is 7.66. The summed E-state index contributed by atoms with van der Waals surface area (Å²) >= 11 is 0. The first kappa shape index (κ1) is 13.7. The van der Waals surface area contributed by atoms with E-state index in [4.69, 9.17) is 10.5 Å². The van der Waals surface area contributed by atoms with E-state index in [1.807, 2.05) is 6.07 Å². The molecule has 0 unspecified atom stereocenters. The molecule has 0 aromatic heterocycles. The Bertz CT molecular complexity index is 479. The van der Waals surface area contributed by atoms with Gasteiger partial charge in [0.2, 0.25) is 0 Å². The van der Waals surface area contributed by atoms with Crippen LogP contribution in [0.15, 0.2) is 18.2 Å². The maximum absolute atomic E-state index is 11.8. The molecular formula is C15H22N2O2. The van der Waals surface area contributed by atoms with Crippen LogP contribution in [0.2, 0.25) is 0 Å². The minimum atomic E-state index is -0.368. The lowest BCUT2D eigenvalue weighted by molar-refractivity contribution is 0.0527. The molecule has 0 amide bonds. The summed E-state index contributed by atoms with van der Waals surface area (Å²) in [4.78, 5) is 11.8. The molecule has 1 fully saturated rings. The van der Waals surface area contributed by atoms with Crippen molar-refractivity contribution in [1.29, 1.82) is 0 Å². The summed E-state index contributed by atoms with van der Waals surface area (Å²) in [5, 5.41) is 3.48. The van der Waals surface area contributed by atoms with Crippen molar-refractivity contribution >= 4 is 17.3 Å². The summed E-state index contributed by atoms with van der Waals surface area (Å²) in [5.74, 6) is 0.337. The zero-order chi connectivity index (χ0) is 14.0. The lowest BCUT2D eigenvalue weighted by Gasteiger charge is -2.28. The Balaban J connectivity index is 2.18. The van der Waals surface area contributed by atoms with Crippen LogP contribution in [0, 0.1) is 5.92 Å². The van der Waals surface area contributed by atoms with Gasteiger partial charge in [-0.2, -0.15) is 0 Å². The fraction of sp³-hybridized carbons (Fsp3) is 0.533. The van der Waals surface area contributed by atoms with Crippen molar-refractivity contribution in [2.45, 2.75) is 39.2 Å². The summed E-state index contributed by atoms with van der Waals surface area (Å²) in [6.45, 7) is 6.51. The number of benzene rings is 1. The second kappa shape index (κ2) is 5.11. The fourth-order valence-electron chi connectivity index (χ4n) is 2.30. The van der Waals surface area contributed by atoms with E-state index in [2.05, 4.69) is 19.2 Å². The third kappa shape index (κ3) is 3.19. The van der Waals surface area contributed by atoms with E-state index in [1.165, 1.54) is 12.8 Å². The molecule has 0 heterocycles. The van der Waals surface area contributed by atoms with E-state index >= 15 is 0 Å². The number of anilines is 2. The number of carbonyl (C=O) groups excluding carboxylic acids is 1. The number of hydrogen-bond acceptors (Lipinski definition) is 4. The lowest BCUT2D eigenvalue weighted by Crippen LogP contribution is -2.33. The van der Waals surface area contributed by atoms with Crippen molar-refractivity contribution < 1.29 is 9.53 Å². The van der Waals surface area contributed by atoms with Gasteiger partial charge in [0, 0.05) is 16.9 Å². The van der Waals surface area contributed by atoms with Crippen LogP contribution in [0.1, 0.15) is 44.0 Å². The van der Waals surface area contributed by atoms with Crippen molar-refractivity contribution in [2.75, 3.05) is 17.7 Å². The summed E-state index contributed by atoms with van der Waals surface area (Å²) in [6, 6.07) is 5.43. The largest absolute Gasteiger partial charge is 0.462 e. The van der Waals surface area contributed by atoms with Gasteiger partial charge in [-0.15, -0.1) is 0 Å². The molecule has 4 nitrogen and oxygen atoms in total. The number of nitrogen functional groups attached to an aromatic ring is 1. The zero-order valence-electron chi connectivity index (χ0n) is 11.8. The van der Waals surface area contributed by atoms with Gasteiger partial charge in [0.1, 0.15) is 0 Å². The van der Waals surface area contributed by atoms with Crippen molar-refractivity contribution in [3.05, 3.63) is 23.8 Å². The van der Waals surface area contributed by atoms with Gasteiger partial charge < -0.3 is 15.8 Å². The van der Waals surface area contributed by atoms with Gasteiger partial charge in [-0.25, -0.2) is 4.79 Å². The number of nitrogens with one attached hydrogen (secondary N) is 1. The molecule has 3 N–H and O–H groups in total. The molecule has 1 saturated carbocycles. The molecule has 0 atom stereocenters. The van der Waals surface area contributed by atoms with E-state index in [-0.39, 0.29) is 11.5 Å². The molecule has 0 saturated heterocycles. The lowest BCUT2D eigenvalue weighted by atomic mass is 9.98. The third-order valence-corrected chi connectivity index (χ3v) is 3.61. The van der Waals surface area contributed by atoms with E-state index in [9.17, 15) is 4.79 Å². The quantitative estimate of drug-likeness (QED) is 0.632. The highest BCUT2D eigenvalue weighted by Gasteiger charge is 2.37. The molecule has 0 bridgehead atoms. The molecule has 0 radical (unpaired) electrons. The highest BCUT2D eigenvalue weighted by molar-refractivity contribution is 5.96. The monoisotopic (exact) mass is 262 g/mol. The molecule has 2 rings (SSSR count). The number of ether oxygens (including phenoxy) is 1. The van der Waals surface area contributed by atoms with E-state index < -0.39 is 0 Å². The normalized spacial score (nSPS) is 15.1. The first-order chi connectivity index (χ1) is 8.94. The minimum absolute atomic E-state index is 0.0437. The van der Waals surface area contributed by atoms with E-state index in [0.717, 1.165) is 5.69 Å². The first-order valence-electron chi connectivity index (χ1n) is 6.79. The van der Waals surface area contributed by atoms with Crippen LogP contribution < -0.4 is 11.1 Å². The molecule has 104 valence electrons. The highest BCUT2D eigenvalue weighted by Crippen LogP contribution is 2.41. The molecule has 19 heavy (non-hydrogen) atoms. The maximum Gasteiger partial charge on any atom is 0.340 e. The number of carbonyl (C=O) groups is 1. The Morgan fingerprint density at radius 2 is 2.16 bits per heavy atom. The summed E-state index contributed by atoms with van der Waals surface area (Å²) < 4.78 is 5.01. The van der Waals surface area contributed by atoms with Gasteiger partial charge in [-0.05, 0) is 57.7 Å². The predicted molar refractivity (Wildman–Crippen MR) is 77.2 cm³/mol. The highest BCUT2D eigenvalue weighted by atomic mass is 16.5. The van der Waals surface area contributed by atoms with E-state index in [0.29, 0.717) is 23.8 Å². The summed E-state index contributed by atoms with van der Waals surface area (Å²) in [7, 11) is 0. The number of nitrogens with two attached hydrogens (primary N) is 1. The smallest absolute Gasteiger partial charge is 0.340 e. The SMILES string of the molecule is CCOC(=O)c1cc(NC(C)(C)C2CC2)ccc1N. The van der Waals surface area contributed by atoms with E-state index in [1.54, 1.807) is 19.1 Å². The number of hydrogen-bond donors (Lipinski definition) is 2. The topological polar surface area (TPSA) is 64.3 Å². The van der Waals surface area contributed by atoms with Gasteiger partial charge in [0.15, 0.2) is 0 Å². The Kier molecular flexibility index (Phi) is 3.69. The maximum atomic E-state index is 11.8. The van der Waals surface area contributed by atoms with Crippen molar-refractivity contribution in [1.82, 2.24) is 0 Å². The van der Waals surface area contributed by atoms with Crippen LogP contribution >= 0.6 is 0 Å². The third-order valence-electron chi connectivity index (χ3n) is 3.61. The minimum Gasteiger partial charge on any atom is -0.462 e. The van der Waals surface area contributed by atoms with Gasteiger partial charge in [-0.1, -0.05) is 0 Å². The van der Waals surface area contributed by atoms with Crippen LogP contribution in [0.3, 0.4) is 0 Å². The molecule has 1 aliphatic carbocycles. The van der Waals surface area contributed by atoms with Crippen LogP contribution in [-0.4, -0.2) is 18.1 Å². The average Bonchev–Trinajstić information content (AvgIpc) is 3.16. The number of rotatable bonds is 5. The van der Waals surface area contributed by atoms with Gasteiger partial charge in [0.05, 0.1) is 12.2 Å². The molecular weight excluding hydrogens is 240 g/mol. The molecule has 1 aromatic rings. The second-order valence-corrected chi connectivity index (χ2v) is 5.64. The Hall–Kier alpha value is -1.71. The molecule has 4 heteroatoms. The van der Waals surface area contributed by atoms with Crippen molar-refractivity contribution in [3.63, 3.8) is 0 Å². The molecule has 0 aliphatic heterocycles. The second-order valence-electron chi connectivity index (χ2n) is 5.64. The van der Waals surface area contributed by atoms with Gasteiger partial charge in [0.25, 0.3) is 0 Å². The summed E-state index contributed by atoms with van der Waals surface area (Å²) in [6.07, 6.45) is 2.53. The van der Waals surface area contributed by atoms with Crippen LogP contribution in [-0.2, 0) is 4.74 Å². The zero-order valence-corrected chi connectivity index (χ0v) is 11.8. The molecule has 1 aromatic carbocycles. The van der Waals surface area contributed by atoms with Gasteiger partial charge in [-0.3, -0.25) is 0 Å². The van der Waals surface area contributed by atoms with Crippen LogP contribution in [0.25, 0.3) is 0 Å². The first-order valence-corrected chi connectivity index (χ1v) is 6.79. The van der Waals surface area contributed by atoms with Crippen molar-refractivity contribution in [3.8, 4) is 0 Å². The molecule has 1 aliphatic rings. The average molecular weight is 262 g/mol. The van der Waals surface area contributed by atoms with Gasteiger partial charge >= 0.3 is 5.97 Å². The Morgan fingerprint density at radius 1 is 1.47 bits per heavy atom. The fourth-order valence-corrected chi connectivity index (χ4v) is 2.30. The molecule has 0 spiro atoms. The Labute approximate surface area is 114 Å². The van der Waals surface area contributed by atoms with Crippen molar-refractivity contribution in [2.24, 2.45) is 5.92 Å². The predicted octanol–water partition coefficient (Wildman–Crippen LogP) is 3.05. The number of esters is 1. The van der Waals surface area contributed by atoms with Crippen LogP contribution in [0.5, 0.6) is 0 Å².